The maximum atomic E-state index is 12.3. The van der Waals surface area contributed by atoms with E-state index < -0.39 is 10.0 Å². The van der Waals surface area contributed by atoms with Crippen molar-refractivity contribution in [1.82, 2.24) is 4.31 Å². The van der Waals surface area contributed by atoms with Crippen LogP contribution in [0.1, 0.15) is 12.0 Å². The van der Waals surface area contributed by atoms with Gasteiger partial charge >= 0.3 is 0 Å². The number of ether oxygens (including phenoxy) is 1. The van der Waals surface area contributed by atoms with E-state index in [9.17, 15) is 13.2 Å². The molecule has 26 heavy (non-hydrogen) atoms. The number of benzene rings is 2. The van der Waals surface area contributed by atoms with Crippen molar-refractivity contribution >= 4 is 37.5 Å². The van der Waals surface area contributed by atoms with Crippen molar-refractivity contribution in [2.45, 2.75) is 17.7 Å². The van der Waals surface area contributed by atoms with Gasteiger partial charge in [0.1, 0.15) is 5.75 Å². The van der Waals surface area contributed by atoms with Gasteiger partial charge in [-0.2, -0.15) is 0 Å². The molecule has 0 aliphatic carbocycles. The topological polar surface area (TPSA) is 75.7 Å². The van der Waals surface area contributed by atoms with Crippen molar-refractivity contribution < 1.29 is 17.9 Å². The molecule has 2 aromatic rings. The molecule has 0 aromatic heterocycles. The largest absolute Gasteiger partial charge is 0.496 e. The molecule has 0 aliphatic heterocycles. The molecule has 1 N–H and O–H groups in total. The lowest BCUT2D eigenvalue weighted by Gasteiger charge is -2.14. The number of hydrogen-bond donors (Lipinski definition) is 1. The van der Waals surface area contributed by atoms with Gasteiger partial charge in [-0.3, -0.25) is 4.79 Å². The van der Waals surface area contributed by atoms with Crippen LogP contribution in [-0.2, 0) is 21.2 Å². The molecular formula is C18H21BrN2O4S. The number of rotatable bonds is 7. The molecule has 2 aromatic carbocycles. The van der Waals surface area contributed by atoms with Crippen LogP contribution in [0.2, 0.25) is 0 Å². The van der Waals surface area contributed by atoms with Gasteiger partial charge in [-0.25, -0.2) is 12.7 Å². The van der Waals surface area contributed by atoms with E-state index in [2.05, 4.69) is 21.2 Å². The number of sulfonamides is 1. The molecule has 1 amide bonds. The summed E-state index contributed by atoms with van der Waals surface area (Å²) < 4.78 is 32.0. The summed E-state index contributed by atoms with van der Waals surface area (Å²) in [5.41, 5.74) is 1.37. The number of nitrogens with one attached hydrogen (secondary N) is 1. The van der Waals surface area contributed by atoms with E-state index >= 15 is 0 Å². The SMILES string of the molecule is COc1ccc(S(=O)(=O)N(C)C)cc1CCC(=O)Nc1ccc(Br)cc1. The first-order chi connectivity index (χ1) is 12.2. The van der Waals surface area contributed by atoms with E-state index in [0.717, 1.165) is 8.78 Å². The summed E-state index contributed by atoms with van der Waals surface area (Å²) in [5, 5.41) is 2.81. The van der Waals surface area contributed by atoms with Crippen LogP contribution in [0.3, 0.4) is 0 Å². The van der Waals surface area contributed by atoms with Crippen LogP contribution in [0.4, 0.5) is 5.69 Å². The Morgan fingerprint density at radius 3 is 2.38 bits per heavy atom. The van der Waals surface area contributed by atoms with E-state index in [1.165, 1.54) is 27.3 Å². The van der Waals surface area contributed by atoms with Gasteiger partial charge in [0.05, 0.1) is 12.0 Å². The first kappa shape index (κ1) is 20.4. The molecule has 0 fully saturated rings. The molecule has 0 unspecified atom stereocenters. The van der Waals surface area contributed by atoms with E-state index in [4.69, 9.17) is 4.74 Å². The summed E-state index contributed by atoms with van der Waals surface area (Å²) >= 11 is 3.34. The highest BCUT2D eigenvalue weighted by Gasteiger charge is 2.19. The molecule has 8 heteroatoms. The van der Waals surface area contributed by atoms with Crippen molar-refractivity contribution in [3.05, 3.63) is 52.5 Å². The lowest BCUT2D eigenvalue weighted by atomic mass is 10.1. The Morgan fingerprint density at radius 2 is 1.81 bits per heavy atom. The Hall–Kier alpha value is -1.90. The highest BCUT2D eigenvalue weighted by Crippen LogP contribution is 2.25. The summed E-state index contributed by atoms with van der Waals surface area (Å²) in [5.74, 6) is 0.398. The predicted molar refractivity (Wildman–Crippen MR) is 105 cm³/mol. The van der Waals surface area contributed by atoms with Crippen molar-refractivity contribution in [2.75, 3.05) is 26.5 Å². The van der Waals surface area contributed by atoms with Gasteiger partial charge in [0.25, 0.3) is 0 Å². The monoisotopic (exact) mass is 440 g/mol. The Labute approximate surface area is 162 Å². The summed E-state index contributed by atoms with van der Waals surface area (Å²) in [6.07, 6.45) is 0.570. The number of nitrogens with zero attached hydrogens (tertiary/aromatic N) is 1. The maximum Gasteiger partial charge on any atom is 0.242 e. The number of anilines is 1. The fourth-order valence-corrected chi connectivity index (χ4v) is 3.54. The summed E-state index contributed by atoms with van der Waals surface area (Å²) in [7, 11) is 0.926. The summed E-state index contributed by atoms with van der Waals surface area (Å²) in [6.45, 7) is 0. The fraction of sp³-hybridized carbons (Fsp3) is 0.278. The molecule has 0 bridgehead atoms. The van der Waals surface area contributed by atoms with Gasteiger partial charge in [0, 0.05) is 30.7 Å². The molecule has 2 rings (SSSR count). The second kappa shape index (κ2) is 8.66. The van der Waals surface area contributed by atoms with Gasteiger partial charge in [-0.15, -0.1) is 0 Å². The standard InChI is InChI=1S/C18H21BrN2O4S/c1-21(2)26(23,24)16-9-10-17(25-3)13(12-16)4-11-18(22)20-15-7-5-14(19)6-8-15/h5-10,12H,4,11H2,1-3H3,(H,20,22). The van der Waals surface area contributed by atoms with Crippen molar-refractivity contribution in [3.8, 4) is 5.75 Å². The third-order valence-electron chi connectivity index (χ3n) is 3.78. The first-order valence-electron chi connectivity index (χ1n) is 7.89. The maximum absolute atomic E-state index is 12.3. The number of aryl methyl sites for hydroxylation is 1. The minimum absolute atomic E-state index is 0.157. The fourth-order valence-electron chi connectivity index (χ4n) is 2.33. The van der Waals surface area contributed by atoms with Gasteiger partial charge < -0.3 is 10.1 Å². The summed E-state index contributed by atoms with van der Waals surface area (Å²) in [6, 6.07) is 11.9. The lowest BCUT2D eigenvalue weighted by Crippen LogP contribution is -2.22. The van der Waals surface area contributed by atoms with Gasteiger partial charge in [-0.05, 0) is 54.4 Å². The average molecular weight is 441 g/mol. The number of methoxy groups -OCH3 is 1. The minimum Gasteiger partial charge on any atom is -0.496 e. The molecule has 0 radical (unpaired) electrons. The molecule has 140 valence electrons. The molecule has 0 atom stereocenters. The second-order valence-electron chi connectivity index (χ2n) is 5.82. The van der Waals surface area contributed by atoms with Gasteiger partial charge in [0.15, 0.2) is 0 Å². The highest BCUT2D eigenvalue weighted by molar-refractivity contribution is 9.10. The zero-order valence-corrected chi connectivity index (χ0v) is 17.2. The number of halogens is 1. The van der Waals surface area contributed by atoms with E-state index in [0.29, 0.717) is 23.4 Å². The molecular weight excluding hydrogens is 420 g/mol. The molecule has 0 saturated heterocycles. The quantitative estimate of drug-likeness (QED) is 0.716. The number of hydrogen-bond acceptors (Lipinski definition) is 4. The lowest BCUT2D eigenvalue weighted by molar-refractivity contribution is -0.116. The van der Waals surface area contributed by atoms with Crippen LogP contribution in [0.5, 0.6) is 5.75 Å². The minimum atomic E-state index is -3.54. The third-order valence-corrected chi connectivity index (χ3v) is 6.12. The van der Waals surface area contributed by atoms with Gasteiger partial charge in [-0.1, -0.05) is 15.9 Å². The zero-order valence-electron chi connectivity index (χ0n) is 14.8. The number of amides is 1. The van der Waals surface area contributed by atoms with Crippen LogP contribution in [-0.4, -0.2) is 39.8 Å². The summed E-state index contributed by atoms with van der Waals surface area (Å²) in [4.78, 5) is 12.3. The van der Waals surface area contributed by atoms with Crippen LogP contribution >= 0.6 is 15.9 Å². The van der Waals surface area contributed by atoms with Crippen molar-refractivity contribution in [3.63, 3.8) is 0 Å². The Morgan fingerprint density at radius 1 is 1.15 bits per heavy atom. The second-order valence-corrected chi connectivity index (χ2v) is 8.88. The molecule has 0 aliphatic rings. The molecule has 0 heterocycles. The van der Waals surface area contributed by atoms with E-state index in [1.54, 1.807) is 24.3 Å². The van der Waals surface area contributed by atoms with Crippen LogP contribution < -0.4 is 10.1 Å². The van der Waals surface area contributed by atoms with E-state index in [-0.39, 0.29) is 17.2 Å². The molecule has 0 spiro atoms. The predicted octanol–water partition coefficient (Wildman–Crippen LogP) is 3.28. The van der Waals surface area contributed by atoms with Crippen LogP contribution in [0, 0.1) is 0 Å². The van der Waals surface area contributed by atoms with Crippen LogP contribution in [0.25, 0.3) is 0 Å². The average Bonchev–Trinajstić information content (AvgIpc) is 2.61. The Kier molecular flexibility index (Phi) is 6.80. The molecule has 0 saturated carbocycles. The number of carbonyl (C=O) groups excluding carboxylic acids is 1. The van der Waals surface area contributed by atoms with Gasteiger partial charge in [0.2, 0.25) is 15.9 Å². The zero-order chi connectivity index (χ0) is 19.3. The van der Waals surface area contributed by atoms with Crippen molar-refractivity contribution in [1.29, 1.82) is 0 Å². The van der Waals surface area contributed by atoms with E-state index in [1.807, 2.05) is 12.1 Å². The number of carbonyl (C=O) groups is 1. The third kappa shape index (κ3) is 5.06. The Balaban J connectivity index is 2.12. The first-order valence-corrected chi connectivity index (χ1v) is 10.1. The Bertz CT molecular complexity index is 881. The molecule has 6 nitrogen and oxygen atoms in total. The highest BCUT2D eigenvalue weighted by atomic mass is 79.9. The van der Waals surface area contributed by atoms with Crippen LogP contribution in [0.15, 0.2) is 51.8 Å². The van der Waals surface area contributed by atoms with Crippen molar-refractivity contribution in [2.24, 2.45) is 0 Å². The smallest absolute Gasteiger partial charge is 0.242 e. The normalized spacial score (nSPS) is 11.4.